The molecule has 0 fully saturated rings. The van der Waals surface area contributed by atoms with Crippen LogP contribution in [-0.4, -0.2) is 32.7 Å². The topological polar surface area (TPSA) is 84.7 Å². The number of nitrogens with one attached hydrogen (secondary N) is 2. The molecule has 3 rings (SSSR count). The van der Waals surface area contributed by atoms with Crippen molar-refractivity contribution in [3.05, 3.63) is 65.7 Å². The van der Waals surface area contributed by atoms with Gasteiger partial charge in [0, 0.05) is 19.5 Å². The van der Waals surface area contributed by atoms with Gasteiger partial charge < -0.3 is 10.6 Å². The van der Waals surface area contributed by atoms with Gasteiger partial charge in [0.2, 0.25) is 11.9 Å². The van der Waals surface area contributed by atoms with Gasteiger partial charge in [-0.3, -0.25) is 4.79 Å². The van der Waals surface area contributed by atoms with E-state index in [2.05, 4.69) is 26.2 Å². The van der Waals surface area contributed by atoms with Crippen LogP contribution in [0.1, 0.15) is 17.5 Å². The lowest BCUT2D eigenvalue weighted by molar-refractivity contribution is -0.121. The first kappa shape index (κ1) is 16.6. The summed E-state index contributed by atoms with van der Waals surface area (Å²) in [4.78, 5) is 11.9. The number of anilines is 1. The largest absolute Gasteiger partial charge is 0.352 e. The minimum Gasteiger partial charge on any atom is -0.352 e. The zero-order valence-corrected chi connectivity index (χ0v) is 14.0. The molecule has 1 amide bonds. The smallest absolute Gasteiger partial charge is 0.247 e. The van der Waals surface area contributed by atoms with Crippen molar-refractivity contribution in [3.8, 4) is 5.69 Å². The summed E-state index contributed by atoms with van der Waals surface area (Å²) in [5.74, 6) is 0.491. The van der Waals surface area contributed by atoms with Gasteiger partial charge in [0.15, 0.2) is 0 Å². The highest BCUT2D eigenvalue weighted by molar-refractivity contribution is 5.76. The molecule has 0 aliphatic heterocycles. The highest BCUT2D eigenvalue weighted by atomic mass is 16.1. The Morgan fingerprint density at radius 3 is 2.60 bits per heavy atom. The van der Waals surface area contributed by atoms with E-state index in [1.165, 1.54) is 5.56 Å². The van der Waals surface area contributed by atoms with Crippen LogP contribution in [0.4, 0.5) is 5.95 Å². The lowest BCUT2D eigenvalue weighted by Crippen LogP contribution is -2.25. The van der Waals surface area contributed by atoms with E-state index >= 15 is 0 Å². The van der Waals surface area contributed by atoms with E-state index in [1.54, 1.807) is 4.68 Å². The summed E-state index contributed by atoms with van der Waals surface area (Å²) in [6.45, 7) is 3.00. The van der Waals surface area contributed by atoms with Gasteiger partial charge in [0.05, 0.1) is 5.69 Å². The lowest BCUT2D eigenvalue weighted by atomic mass is 10.2. The minimum absolute atomic E-state index is 0.0225. The maximum atomic E-state index is 11.9. The number of aromatic nitrogens is 4. The lowest BCUT2D eigenvalue weighted by Gasteiger charge is -2.08. The molecule has 7 heteroatoms. The molecule has 0 aliphatic rings. The predicted molar refractivity (Wildman–Crippen MR) is 95.3 cm³/mol. The Morgan fingerprint density at radius 2 is 1.84 bits per heavy atom. The Hall–Kier alpha value is -3.22. The number of benzene rings is 2. The predicted octanol–water partition coefficient (Wildman–Crippen LogP) is 2.09. The van der Waals surface area contributed by atoms with Crippen LogP contribution in [0.15, 0.2) is 54.6 Å². The van der Waals surface area contributed by atoms with Crippen molar-refractivity contribution < 1.29 is 4.79 Å². The third-order valence-electron chi connectivity index (χ3n) is 3.72. The molecular weight excluding hydrogens is 316 g/mol. The van der Waals surface area contributed by atoms with Gasteiger partial charge in [-0.15, -0.1) is 0 Å². The molecule has 0 spiro atoms. The first-order valence-electron chi connectivity index (χ1n) is 8.12. The standard InChI is InChI=1S/C18H20N6O/c1-14-7-9-16(10-8-14)24-18(21-22-23-24)19-12-11-17(25)20-13-15-5-3-2-4-6-15/h2-10H,11-13H2,1H3,(H,20,25)(H,19,21,23). The van der Waals surface area contributed by atoms with Crippen molar-refractivity contribution >= 4 is 11.9 Å². The van der Waals surface area contributed by atoms with E-state index in [0.717, 1.165) is 11.3 Å². The molecule has 7 nitrogen and oxygen atoms in total. The zero-order valence-electron chi connectivity index (χ0n) is 14.0. The Bertz CT molecular complexity index is 813. The molecule has 25 heavy (non-hydrogen) atoms. The number of nitrogens with zero attached hydrogens (tertiary/aromatic N) is 4. The fourth-order valence-corrected chi connectivity index (χ4v) is 2.33. The van der Waals surface area contributed by atoms with Crippen LogP contribution in [0.5, 0.6) is 0 Å². The highest BCUT2D eigenvalue weighted by Crippen LogP contribution is 2.12. The molecule has 0 unspecified atom stereocenters. The Kier molecular flexibility index (Phi) is 5.36. The van der Waals surface area contributed by atoms with Gasteiger partial charge >= 0.3 is 0 Å². The quantitative estimate of drug-likeness (QED) is 0.690. The van der Waals surface area contributed by atoms with Gasteiger partial charge in [-0.05, 0) is 35.0 Å². The van der Waals surface area contributed by atoms with Crippen LogP contribution in [-0.2, 0) is 11.3 Å². The number of carbonyl (C=O) groups excluding carboxylic acids is 1. The summed E-state index contributed by atoms with van der Waals surface area (Å²) in [6, 6.07) is 17.7. The number of amides is 1. The number of hydrogen-bond acceptors (Lipinski definition) is 5. The third-order valence-corrected chi connectivity index (χ3v) is 3.72. The van der Waals surface area contributed by atoms with E-state index in [-0.39, 0.29) is 5.91 Å². The van der Waals surface area contributed by atoms with Gasteiger partial charge in [0.1, 0.15) is 0 Å². The van der Waals surface area contributed by atoms with Crippen molar-refractivity contribution in [2.24, 2.45) is 0 Å². The summed E-state index contributed by atoms with van der Waals surface area (Å²) < 4.78 is 1.61. The number of rotatable bonds is 7. The zero-order chi connectivity index (χ0) is 17.5. The number of aryl methyl sites for hydroxylation is 1. The summed E-state index contributed by atoms with van der Waals surface area (Å²) in [5, 5.41) is 17.6. The highest BCUT2D eigenvalue weighted by Gasteiger charge is 2.08. The van der Waals surface area contributed by atoms with E-state index in [4.69, 9.17) is 0 Å². The number of carbonyl (C=O) groups is 1. The SMILES string of the molecule is Cc1ccc(-n2nnnc2NCCC(=O)NCc2ccccc2)cc1. The summed E-state index contributed by atoms with van der Waals surface area (Å²) in [7, 11) is 0. The normalized spacial score (nSPS) is 10.4. The van der Waals surface area contributed by atoms with Crippen molar-refractivity contribution in [1.29, 1.82) is 0 Å². The second-order valence-electron chi connectivity index (χ2n) is 5.69. The fraction of sp³-hybridized carbons (Fsp3) is 0.222. The molecule has 0 saturated carbocycles. The molecule has 0 aliphatic carbocycles. The first-order valence-corrected chi connectivity index (χ1v) is 8.12. The van der Waals surface area contributed by atoms with Crippen molar-refractivity contribution in [2.45, 2.75) is 19.9 Å². The monoisotopic (exact) mass is 336 g/mol. The maximum Gasteiger partial charge on any atom is 0.247 e. The summed E-state index contributed by atoms with van der Waals surface area (Å²) in [5.41, 5.74) is 3.11. The van der Waals surface area contributed by atoms with Crippen LogP contribution in [0.3, 0.4) is 0 Å². The first-order chi connectivity index (χ1) is 12.2. The van der Waals surface area contributed by atoms with Gasteiger partial charge in [-0.25, -0.2) is 0 Å². The van der Waals surface area contributed by atoms with Gasteiger partial charge in [0.25, 0.3) is 0 Å². The Labute approximate surface area is 146 Å². The minimum atomic E-state index is -0.0225. The van der Waals surface area contributed by atoms with Gasteiger partial charge in [-0.2, -0.15) is 4.68 Å². The second-order valence-corrected chi connectivity index (χ2v) is 5.69. The third kappa shape index (κ3) is 4.63. The Morgan fingerprint density at radius 1 is 1.08 bits per heavy atom. The molecule has 0 bridgehead atoms. The molecule has 2 N–H and O–H groups in total. The maximum absolute atomic E-state index is 11.9. The Balaban J connectivity index is 1.48. The molecule has 1 aromatic heterocycles. The molecule has 3 aromatic rings. The van der Waals surface area contributed by atoms with Gasteiger partial charge in [-0.1, -0.05) is 53.1 Å². The van der Waals surface area contributed by atoms with Crippen molar-refractivity contribution in [2.75, 3.05) is 11.9 Å². The fourth-order valence-electron chi connectivity index (χ4n) is 2.33. The van der Waals surface area contributed by atoms with Crippen molar-refractivity contribution in [3.63, 3.8) is 0 Å². The molecule has 128 valence electrons. The van der Waals surface area contributed by atoms with E-state index in [0.29, 0.717) is 25.5 Å². The molecule has 2 aromatic carbocycles. The summed E-state index contributed by atoms with van der Waals surface area (Å²) in [6.07, 6.45) is 0.341. The number of hydrogen-bond donors (Lipinski definition) is 2. The van der Waals surface area contributed by atoms with E-state index < -0.39 is 0 Å². The van der Waals surface area contributed by atoms with E-state index in [1.807, 2.05) is 61.5 Å². The van der Waals surface area contributed by atoms with Crippen LogP contribution in [0.2, 0.25) is 0 Å². The van der Waals surface area contributed by atoms with Crippen LogP contribution in [0, 0.1) is 6.92 Å². The molecular formula is C18H20N6O. The average molecular weight is 336 g/mol. The van der Waals surface area contributed by atoms with Crippen LogP contribution in [0.25, 0.3) is 5.69 Å². The molecule has 1 heterocycles. The van der Waals surface area contributed by atoms with E-state index in [9.17, 15) is 4.79 Å². The van der Waals surface area contributed by atoms with Crippen LogP contribution < -0.4 is 10.6 Å². The average Bonchev–Trinajstić information content (AvgIpc) is 3.10. The molecule has 0 radical (unpaired) electrons. The molecule has 0 atom stereocenters. The second kappa shape index (κ2) is 8.05. The summed E-state index contributed by atoms with van der Waals surface area (Å²) >= 11 is 0. The van der Waals surface area contributed by atoms with Crippen molar-refractivity contribution in [1.82, 2.24) is 25.5 Å². The van der Waals surface area contributed by atoms with Crippen LogP contribution >= 0.6 is 0 Å². The molecule has 0 saturated heterocycles. The number of tetrazole rings is 1.